The van der Waals surface area contributed by atoms with Gasteiger partial charge in [0.2, 0.25) is 0 Å². The topological polar surface area (TPSA) is 29.3 Å². The molecule has 100 valence electrons. The zero-order chi connectivity index (χ0) is 14.2. The van der Waals surface area contributed by atoms with Gasteiger partial charge in [-0.3, -0.25) is 0 Å². The second kappa shape index (κ2) is 5.05. The van der Waals surface area contributed by atoms with E-state index < -0.39 is 11.6 Å². The molecule has 0 radical (unpaired) electrons. The van der Waals surface area contributed by atoms with E-state index >= 15 is 0 Å². The number of aryl methyl sites for hydroxylation is 1. The van der Waals surface area contributed by atoms with E-state index in [1.54, 1.807) is 18.0 Å². The van der Waals surface area contributed by atoms with Crippen molar-refractivity contribution in [3.05, 3.63) is 52.6 Å². The lowest BCUT2D eigenvalue weighted by molar-refractivity contribution is 0.583. The molecular weight excluding hydrogens is 270 g/mol. The first-order chi connectivity index (χ1) is 8.88. The molecule has 0 spiro atoms. The number of anilines is 3. The van der Waals surface area contributed by atoms with Gasteiger partial charge >= 0.3 is 0 Å². The Hall–Kier alpha value is -1.81. The minimum absolute atomic E-state index is 0.359. The smallest absolute Gasteiger partial charge is 0.128 e. The summed E-state index contributed by atoms with van der Waals surface area (Å²) in [7, 11) is 1.67. The van der Waals surface area contributed by atoms with Gasteiger partial charge in [-0.15, -0.1) is 0 Å². The molecule has 2 N–H and O–H groups in total. The van der Waals surface area contributed by atoms with Crippen molar-refractivity contribution in [1.82, 2.24) is 0 Å². The fourth-order valence-electron chi connectivity index (χ4n) is 1.89. The molecule has 0 aliphatic heterocycles. The summed E-state index contributed by atoms with van der Waals surface area (Å²) in [5.74, 6) is -1.28. The molecule has 5 heteroatoms. The molecule has 0 amide bonds. The van der Waals surface area contributed by atoms with E-state index in [9.17, 15) is 8.78 Å². The lowest BCUT2D eigenvalue weighted by Crippen LogP contribution is -2.11. The summed E-state index contributed by atoms with van der Waals surface area (Å²) in [6, 6.07) is 6.84. The Morgan fingerprint density at radius 1 is 1.05 bits per heavy atom. The summed E-state index contributed by atoms with van der Waals surface area (Å²) in [5.41, 5.74) is 8.10. The van der Waals surface area contributed by atoms with Crippen LogP contribution in [0.2, 0.25) is 5.02 Å². The Labute approximate surface area is 115 Å². The van der Waals surface area contributed by atoms with Crippen LogP contribution >= 0.6 is 11.6 Å². The Morgan fingerprint density at radius 2 is 1.63 bits per heavy atom. The molecule has 19 heavy (non-hydrogen) atoms. The van der Waals surface area contributed by atoms with Crippen molar-refractivity contribution in [2.75, 3.05) is 17.7 Å². The highest BCUT2D eigenvalue weighted by atomic mass is 35.5. The fourth-order valence-corrected chi connectivity index (χ4v) is 2.13. The van der Waals surface area contributed by atoms with E-state index in [0.29, 0.717) is 22.1 Å². The van der Waals surface area contributed by atoms with Crippen LogP contribution in [0.5, 0.6) is 0 Å². The van der Waals surface area contributed by atoms with Gasteiger partial charge < -0.3 is 10.6 Å². The average molecular weight is 283 g/mol. The fraction of sp³-hybridized carbons (Fsp3) is 0.143. The van der Waals surface area contributed by atoms with Crippen molar-refractivity contribution in [3.8, 4) is 0 Å². The maximum absolute atomic E-state index is 13.2. The van der Waals surface area contributed by atoms with E-state index in [-0.39, 0.29) is 0 Å². The van der Waals surface area contributed by atoms with E-state index in [1.165, 1.54) is 12.1 Å². The molecule has 0 atom stereocenters. The first-order valence-electron chi connectivity index (χ1n) is 5.64. The standard InChI is InChI=1S/C14H13ClF2N2/c1-8-3-12(18)14(15)13(4-8)19(2)11-6-9(16)5-10(17)7-11/h3-7H,18H2,1-2H3. The molecule has 2 aromatic carbocycles. The number of hydrogen-bond acceptors (Lipinski definition) is 2. The van der Waals surface area contributed by atoms with Crippen molar-refractivity contribution >= 4 is 28.7 Å². The summed E-state index contributed by atoms with van der Waals surface area (Å²) in [5, 5.41) is 0.359. The summed E-state index contributed by atoms with van der Waals surface area (Å²) >= 11 is 6.14. The highest BCUT2D eigenvalue weighted by Gasteiger charge is 2.13. The molecule has 2 aromatic rings. The van der Waals surface area contributed by atoms with E-state index in [2.05, 4.69) is 0 Å². The van der Waals surface area contributed by atoms with Crippen molar-refractivity contribution in [2.24, 2.45) is 0 Å². The van der Waals surface area contributed by atoms with Gasteiger partial charge in [-0.2, -0.15) is 0 Å². The van der Waals surface area contributed by atoms with Crippen LogP contribution in [0.25, 0.3) is 0 Å². The van der Waals surface area contributed by atoms with E-state index in [1.807, 2.05) is 13.0 Å². The summed E-state index contributed by atoms with van der Waals surface area (Å²) in [6.45, 7) is 1.87. The molecular formula is C14H13ClF2N2. The predicted molar refractivity (Wildman–Crippen MR) is 75.0 cm³/mol. The third-order valence-electron chi connectivity index (χ3n) is 2.82. The van der Waals surface area contributed by atoms with Crippen LogP contribution in [0.4, 0.5) is 25.8 Å². The number of halogens is 3. The zero-order valence-corrected chi connectivity index (χ0v) is 11.3. The number of nitrogen functional groups attached to an aromatic ring is 1. The normalized spacial score (nSPS) is 10.6. The molecule has 0 saturated heterocycles. The van der Waals surface area contributed by atoms with Gasteiger partial charge in [-0.25, -0.2) is 8.78 Å². The van der Waals surface area contributed by atoms with E-state index in [0.717, 1.165) is 11.6 Å². The van der Waals surface area contributed by atoms with Gasteiger partial charge in [-0.05, 0) is 36.8 Å². The molecule has 0 saturated carbocycles. The SMILES string of the molecule is Cc1cc(N)c(Cl)c(N(C)c2cc(F)cc(F)c2)c1. The second-order valence-corrected chi connectivity index (χ2v) is 4.75. The second-order valence-electron chi connectivity index (χ2n) is 4.37. The number of hydrogen-bond donors (Lipinski definition) is 1. The minimum atomic E-state index is -0.640. The van der Waals surface area contributed by atoms with Crippen LogP contribution in [0.3, 0.4) is 0 Å². The van der Waals surface area contributed by atoms with Crippen LogP contribution in [0.1, 0.15) is 5.56 Å². The third-order valence-corrected chi connectivity index (χ3v) is 3.23. The molecule has 0 aliphatic carbocycles. The molecule has 2 rings (SSSR count). The Kier molecular flexibility index (Phi) is 3.62. The molecule has 0 aromatic heterocycles. The van der Waals surface area contributed by atoms with Crippen molar-refractivity contribution in [2.45, 2.75) is 6.92 Å². The summed E-state index contributed by atoms with van der Waals surface area (Å²) in [6.07, 6.45) is 0. The molecule has 0 heterocycles. The Morgan fingerprint density at radius 3 is 2.21 bits per heavy atom. The molecule has 0 unspecified atom stereocenters. The van der Waals surface area contributed by atoms with Crippen LogP contribution in [0.15, 0.2) is 30.3 Å². The maximum atomic E-state index is 13.2. The highest BCUT2D eigenvalue weighted by Crippen LogP contribution is 2.35. The number of nitrogens with zero attached hydrogens (tertiary/aromatic N) is 1. The van der Waals surface area contributed by atoms with Crippen LogP contribution in [-0.2, 0) is 0 Å². The van der Waals surface area contributed by atoms with Crippen molar-refractivity contribution in [3.63, 3.8) is 0 Å². The molecule has 0 fully saturated rings. The van der Waals surface area contributed by atoms with Crippen molar-refractivity contribution in [1.29, 1.82) is 0 Å². The Bertz CT molecular complexity index is 609. The Balaban J connectivity index is 2.52. The first-order valence-corrected chi connectivity index (χ1v) is 6.01. The highest BCUT2D eigenvalue weighted by molar-refractivity contribution is 6.36. The predicted octanol–water partition coefficient (Wildman–Crippen LogP) is 4.28. The van der Waals surface area contributed by atoms with Crippen LogP contribution in [-0.4, -0.2) is 7.05 Å². The third kappa shape index (κ3) is 2.79. The van der Waals surface area contributed by atoms with Crippen LogP contribution in [0, 0.1) is 18.6 Å². The molecule has 0 aliphatic rings. The van der Waals surface area contributed by atoms with Crippen LogP contribution < -0.4 is 10.6 Å². The van der Waals surface area contributed by atoms with Crippen molar-refractivity contribution < 1.29 is 8.78 Å². The maximum Gasteiger partial charge on any atom is 0.128 e. The summed E-state index contributed by atoms with van der Waals surface area (Å²) in [4.78, 5) is 1.60. The van der Waals surface area contributed by atoms with Gasteiger partial charge in [0.1, 0.15) is 11.6 Å². The lowest BCUT2D eigenvalue weighted by Gasteiger charge is -2.22. The number of benzene rings is 2. The quantitative estimate of drug-likeness (QED) is 0.833. The summed E-state index contributed by atoms with van der Waals surface area (Å²) < 4.78 is 26.5. The van der Waals surface area contributed by atoms with E-state index in [4.69, 9.17) is 17.3 Å². The van der Waals surface area contributed by atoms with Gasteiger partial charge in [0.15, 0.2) is 0 Å². The number of rotatable bonds is 2. The minimum Gasteiger partial charge on any atom is -0.397 e. The largest absolute Gasteiger partial charge is 0.397 e. The van der Waals surface area contributed by atoms with Gasteiger partial charge in [0.25, 0.3) is 0 Å². The number of nitrogens with two attached hydrogens (primary N) is 1. The monoisotopic (exact) mass is 282 g/mol. The lowest BCUT2D eigenvalue weighted by atomic mass is 10.1. The first kappa shape index (κ1) is 13.6. The molecule has 0 bridgehead atoms. The zero-order valence-electron chi connectivity index (χ0n) is 10.5. The van der Waals surface area contributed by atoms with Gasteiger partial charge in [0, 0.05) is 18.8 Å². The van der Waals surface area contributed by atoms with Gasteiger partial charge in [0.05, 0.1) is 16.4 Å². The van der Waals surface area contributed by atoms with Gasteiger partial charge in [-0.1, -0.05) is 11.6 Å². The molecule has 2 nitrogen and oxygen atoms in total. The average Bonchev–Trinajstić information content (AvgIpc) is 2.31.